The molecule has 0 spiro atoms. The van der Waals surface area contributed by atoms with Crippen molar-refractivity contribution in [1.29, 1.82) is 0 Å². The van der Waals surface area contributed by atoms with E-state index in [1.165, 1.54) is 0 Å². The second-order valence-electron chi connectivity index (χ2n) is 12.2. The van der Waals surface area contributed by atoms with E-state index < -0.39 is 94.2 Å². The second kappa shape index (κ2) is 15.5. The Labute approximate surface area is 257 Å². The van der Waals surface area contributed by atoms with Gasteiger partial charge >= 0.3 is 5.69 Å². The van der Waals surface area contributed by atoms with Gasteiger partial charge in [0.05, 0.1) is 0 Å². The van der Waals surface area contributed by atoms with Crippen molar-refractivity contribution in [2.45, 2.75) is 78.0 Å². The minimum atomic E-state index is -1.53. The van der Waals surface area contributed by atoms with E-state index in [-0.39, 0.29) is 18.8 Å². The highest BCUT2D eigenvalue weighted by Gasteiger charge is 2.32. The van der Waals surface area contributed by atoms with Crippen LogP contribution in [0, 0.1) is 29.3 Å². The number of hydrogen-bond donors (Lipinski definition) is 7. The zero-order valence-electron chi connectivity index (χ0n) is 25.9. The summed E-state index contributed by atoms with van der Waals surface area (Å²) in [6, 6.07) is -0.544. The fourth-order valence-corrected chi connectivity index (χ4v) is 4.46. The van der Waals surface area contributed by atoms with E-state index >= 15 is 0 Å². The van der Waals surface area contributed by atoms with E-state index in [1.807, 2.05) is 18.8 Å². The quantitative estimate of drug-likeness (QED) is 0.154. The van der Waals surface area contributed by atoms with E-state index in [1.54, 1.807) is 32.7 Å². The number of hydrogen-bond acceptors (Lipinski definition) is 7. The highest BCUT2D eigenvalue weighted by atomic mass is 19.1. The molecule has 0 unspecified atom stereocenters. The zero-order chi connectivity index (χ0) is 34.2. The standard InChI is InChI=1S/C29H40F3N7O6/c1-13(2)7-19(24(41)39-29(5,6)11-15-8-16(30)10-17(31)9-15)35-27(44)21(14(3)4)36-23(40)18(33)12-34-26(43)22-20(32)25(42)38-28(45)37-22/h8-10,13-14,18-19,21H,7,11-12,33H2,1-6H3,(H,34,43)(H,35,44)(H,36,40)(H,39,41)(H2,37,38,42,45)/t18-,19-,21-/m0/s1. The molecule has 0 aliphatic heterocycles. The zero-order valence-corrected chi connectivity index (χ0v) is 25.9. The van der Waals surface area contributed by atoms with Gasteiger partial charge in [-0.3, -0.25) is 29.0 Å². The smallest absolute Gasteiger partial charge is 0.326 e. The normalized spacial score (nSPS) is 13.6. The lowest BCUT2D eigenvalue weighted by Crippen LogP contribution is -2.60. The van der Waals surface area contributed by atoms with Gasteiger partial charge in [0.1, 0.15) is 35.5 Å². The van der Waals surface area contributed by atoms with Crippen molar-refractivity contribution >= 4 is 23.6 Å². The molecule has 0 radical (unpaired) electrons. The lowest BCUT2D eigenvalue weighted by molar-refractivity contribution is -0.134. The maximum Gasteiger partial charge on any atom is 0.326 e. The molecule has 1 aromatic heterocycles. The second-order valence-corrected chi connectivity index (χ2v) is 12.2. The third-order valence-corrected chi connectivity index (χ3v) is 6.55. The lowest BCUT2D eigenvalue weighted by Gasteiger charge is -2.31. The molecule has 0 aliphatic carbocycles. The fourth-order valence-electron chi connectivity index (χ4n) is 4.46. The fraction of sp³-hybridized carbons (Fsp3) is 0.517. The number of halogens is 3. The minimum Gasteiger partial charge on any atom is -0.349 e. The molecule has 13 nitrogen and oxygen atoms in total. The van der Waals surface area contributed by atoms with Crippen molar-refractivity contribution in [3.63, 3.8) is 0 Å². The van der Waals surface area contributed by atoms with Gasteiger partial charge in [-0.2, -0.15) is 4.39 Å². The van der Waals surface area contributed by atoms with Crippen molar-refractivity contribution in [2.75, 3.05) is 6.54 Å². The summed E-state index contributed by atoms with van der Waals surface area (Å²) in [5, 5.41) is 10.1. The van der Waals surface area contributed by atoms with Crippen molar-refractivity contribution in [3.05, 3.63) is 67.7 Å². The molecule has 0 fully saturated rings. The van der Waals surface area contributed by atoms with E-state index in [0.717, 1.165) is 18.2 Å². The Morgan fingerprint density at radius 1 is 0.889 bits per heavy atom. The van der Waals surface area contributed by atoms with Crippen molar-refractivity contribution in [1.82, 2.24) is 31.2 Å². The number of carbonyl (C=O) groups excluding carboxylic acids is 4. The average molecular weight is 640 g/mol. The monoisotopic (exact) mass is 639 g/mol. The lowest BCUT2D eigenvalue weighted by atomic mass is 9.93. The number of amides is 4. The van der Waals surface area contributed by atoms with Crippen LogP contribution < -0.4 is 38.2 Å². The third-order valence-electron chi connectivity index (χ3n) is 6.55. The number of benzene rings is 1. The molecule has 0 saturated heterocycles. The summed E-state index contributed by atoms with van der Waals surface area (Å²) in [5.74, 6) is -6.85. The molecule has 8 N–H and O–H groups in total. The van der Waals surface area contributed by atoms with E-state index in [9.17, 15) is 41.9 Å². The first-order valence-electron chi connectivity index (χ1n) is 14.2. The Morgan fingerprint density at radius 3 is 2.04 bits per heavy atom. The summed E-state index contributed by atoms with van der Waals surface area (Å²) in [6.45, 7) is 9.76. The van der Waals surface area contributed by atoms with Crippen LogP contribution in [0.5, 0.6) is 0 Å². The summed E-state index contributed by atoms with van der Waals surface area (Å²) in [5.41, 5.74) is 1.75. The van der Waals surface area contributed by atoms with Crippen molar-refractivity contribution in [2.24, 2.45) is 17.6 Å². The van der Waals surface area contributed by atoms with Crippen LogP contribution in [0.2, 0.25) is 0 Å². The Morgan fingerprint density at radius 2 is 1.49 bits per heavy atom. The van der Waals surface area contributed by atoms with E-state index in [2.05, 4.69) is 21.3 Å². The molecule has 248 valence electrons. The van der Waals surface area contributed by atoms with Gasteiger partial charge < -0.3 is 32.0 Å². The molecule has 45 heavy (non-hydrogen) atoms. The predicted molar refractivity (Wildman–Crippen MR) is 158 cm³/mol. The summed E-state index contributed by atoms with van der Waals surface area (Å²) >= 11 is 0. The van der Waals surface area contributed by atoms with Crippen LogP contribution in [0.4, 0.5) is 13.2 Å². The Balaban J connectivity index is 2.08. The number of nitrogens with two attached hydrogens (primary N) is 1. The first-order chi connectivity index (χ1) is 20.8. The summed E-state index contributed by atoms with van der Waals surface area (Å²) in [6.07, 6.45) is 0.325. The first kappa shape index (κ1) is 36.7. The number of carbonyl (C=O) groups is 4. The van der Waals surface area contributed by atoms with Gasteiger partial charge in [-0.15, -0.1) is 0 Å². The molecular formula is C29H40F3N7O6. The van der Waals surface area contributed by atoms with E-state index in [0.29, 0.717) is 5.56 Å². The van der Waals surface area contributed by atoms with Crippen LogP contribution in [0.15, 0.2) is 27.8 Å². The summed E-state index contributed by atoms with van der Waals surface area (Å²) in [4.78, 5) is 77.9. The largest absolute Gasteiger partial charge is 0.349 e. The van der Waals surface area contributed by atoms with Gasteiger partial charge in [0.2, 0.25) is 23.5 Å². The van der Waals surface area contributed by atoms with Gasteiger partial charge in [0.25, 0.3) is 11.5 Å². The van der Waals surface area contributed by atoms with Crippen LogP contribution in [0.3, 0.4) is 0 Å². The molecule has 0 bridgehead atoms. The van der Waals surface area contributed by atoms with E-state index in [4.69, 9.17) is 5.73 Å². The first-order valence-corrected chi connectivity index (χ1v) is 14.2. The van der Waals surface area contributed by atoms with Gasteiger partial charge in [0.15, 0.2) is 0 Å². The third kappa shape index (κ3) is 11.2. The van der Waals surface area contributed by atoms with Gasteiger partial charge in [0, 0.05) is 18.2 Å². The molecular weight excluding hydrogens is 599 g/mol. The van der Waals surface area contributed by atoms with Gasteiger partial charge in [-0.25, -0.2) is 13.6 Å². The molecule has 3 atom stereocenters. The maximum atomic E-state index is 13.9. The molecule has 1 aromatic carbocycles. The minimum absolute atomic E-state index is 0.0365. The maximum absolute atomic E-state index is 13.9. The van der Waals surface area contributed by atoms with Crippen LogP contribution in [0.1, 0.15) is 64.0 Å². The molecule has 2 rings (SSSR count). The molecule has 2 aromatic rings. The van der Waals surface area contributed by atoms with Crippen molar-refractivity contribution < 1.29 is 32.3 Å². The highest BCUT2D eigenvalue weighted by molar-refractivity contribution is 5.95. The van der Waals surface area contributed by atoms with Crippen LogP contribution >= 0.6 is 0 Å². The predicted octanol–water partition coefficient (Wildman–Crippen LogP) is 0.347. The Hall–Kier alpha value is -4.47. The Bertz CT molecular complexity index is 1500. The van der Waals surface area contributed by atoms with Crippen LogP contribution in [-0.4, -0.2) is 63.8 Å². The number of aromatic amines is 2. The molecule has 1 heterocycles. The molecule has 0 saturated carbocycles. The topological polar surface area (TPSA) is 208 Å². The molecule has 16 heteroatoms. The molecule has 0 aliphatic rings. The number of rotatable bonds is 14. The molecule has 4 amide bonds. The highest BCUT2D eigenvalue weighted by Crippen LogP contribution is 2.17. The average Bonchev–Trinajstić information content (AvgIpc) is 2.89. The van der Waals surface area contributed by atoms with Crippen LogP contribution in [-0.2, 0) is 20.8 Å². The van der Waals surface area contributed by atoms with Crippen molar-refractivity contribution in [3.8, 4) is 0 Å². The van der Waals surface area contributed by atoms with Gasteiger partial charge in [-0.05, 0) is 56.2 Å². The summed E-state index contributed by atoms with van der Waals surface area (Å²) < 4.78 is 41.3. The van der Waals surface area contributed by atoms with Crippen LogP contribution in [0.25, 0.3) is 0 Å². The SMILES string of the molecule is CC(C)C[C@H](NC(=O)[C@@H](NC(=O)[C@@H](N)CNC(=O)c1[nH]c(=O)[nH]c(=O)c1F)C(C)C)C(=O)NC(C)(C)Cc1cc(F)cc(F)c1. The summed E-state index contributed by atoms with van der Waals surface area (Å²) in [7, 11) is 0. The van der Waals surface area contributed by atoms with Gasteiger partial charge in [-0.1, -0.05) is 27.7 Å². The number of H-pyrrole nitrogens is 2. The Kier molecular flexibility index (Phi) is 12.6. The number of aromatic nitrogens is 2. The number of nitrogens with one attached hydrogen (secondary N) is 6.